The van der Waals surface area contributed by atoms with Crippen molar-refractivity contribution in [2.45, 2.75) is 37.5 Å². The highest BCUT2D eigenvalue weighted by Crippen LogP contribution is 2.69. The molecular weight excluding hydrogens is 751 g/mol. The average molecular weight is 796 g/mol. The molecule has 1 spiro atoms. The van der Waals surface area contributed by atoms with Crippen molar-refractivity contribution in [3.05, 3.63) is 199 Å². The van der Waals surface area contributed by atoms with E-state index in [2.05, 4.69) is 170 Å². The van der Waals surface area contributed by atoms with Crippen LogP contribution in [-0.4, -0.2) is 15.0 Å². The lowest BCUT2D eigenvalue weighted by Crippen LogP contribution is -2.55. The Kier molecular flexibility index (Phi) is 8.10. The molecule has 8 aromatic carbocycles. The Morgan fingerprint density at radius 3 is 1.53 bits per heavy atom. The van der Waals surface area contributed by atoms with Crippen molar-refractivity contribution >= 4 is 10.8 Å². The summed E-state index contributed by atoms with van der Waals surface area (Å²) in [6.45, 7) is 0. The van der Waals surface area contributed by atoms with Crippen molar-refractivity contribution in [1.29, 1.82) is 0 Å². The van der Waals surface area contributed by atoms with Crippen molar-refractivity contribution in [2.24, 2.45) is 23.7 Å². The minimum absolute atomic E-state index is 0.111. The van der Waals surface area contributed by atoms with Crippen LogP contribution in [0.4, 0.5) is 0 Å². The van der Waals surface area contributed by atoms with Crippen molar-refractivity contribution in [2.75, 3.05) is 0 Å². The molecule has 1 aromatic heterocycles. The summed E-state index contributed by atoms with van der Waals surface area (Å²) in [6, 6.07) is 68.5. The number of rotatable bonds is 6. The fourth-order valence-electron chi connectivity index (χ4n) is 12.7. The number of hydrogen-bond acceptors (Lipinski definition) is 3. The van der Waals surface area contributed by atoms with Gasteiger partial charge in [-0.2, -0.15) is 0 Å². The number of fused-ring (bicyclic) bond motifs is 4. The third-order valence-corrected chi connectivity index (χ3v) is 15.1. The van der Waals surface area contributed by atoms with Gasteiger partial charge in [0.15, 0.2) is 17.5 Å². The highest BCUT2D eigenvalue weighted by molar-refractivity contribution is 5.97. The third-order valence-electron chi connectivity index (χ3n) is 15.1. The first-order valence-electron chi connectivity index (χ1n) is 22.5. The molecule has 1 heterocycles. The van der Waals surface area contributed by atoms with E-state index in [1.54, 1.807) is 11.1 Å². The van der Waals surface area contributed by atoms with E-state index in [1.165, 1.54) is 70.7 Å². The molecule has 0 saturated heterocycles. The van der Waals surface area contributed by atoms with Gasteiger partial charge in [0.05, 0.1) is 0 Å². The van der Waals surface area contributed by atoms with Gasteiger partial charge in [0, 0.05) is 22.1 Å². The monoisotopic (exact) mass is 795 g/mol. The molecule has 0 unspecified atom stereocenters. The second-order valence-electron chi connectivity index (χ2n) is 18.4. The largest absolute Gasteiger partial charge is 0.208 e. The molecule has 4 fully saturated rings. The number of hydrogen-bond donors (Lipinski definition) is 0. The molecule has 4 bridgehead atoms. The van der Waals surface area contributed by atoms with E-state index in [1.807, 2.05) is 18.2 Å². The molecule has 5 aliphatic rings. The predicted molar refractivity (Wildman–Crippen MR) is 253 cm³/mol. The SMILES string of the molecule is c1ccc(-c2cccc(-c3nc(-c4ccccc4)nc(-c4ccccc4-c4ccccc4-c4ccc5c(c4)-c4cc6ccccc6cc4C54C5CC6CC(C5)CC4C6)n3)c2)cc1. The predicted octanol–water partition coefficient (Wildman–Crippen LogP) is 14.7. The highest BCUT2D eigenvalue weighted by atomic mass is 15.0. The zero-order valence-corrected chi connectivity index (χ0v) is 34.6. The highest BCUT2D eigenvalue weighted by Gasteiger charge is 2.61. The van der Waals surface area contributed by atoms with Crippen LogP contribution >= 0.6 is 0 Å². The quantitative estimate of drug-likeness (QED) is 0.168. The molecule has 0 N–H and O–H groups in total. The lowest BCUT2D eigenvalue weighted by molar-refractivity contribution is -0.0398. The van der Waals surface area contributed by atoms with Crippen LogP contribution < -0.4 is 0 Å². The summed E-state index contributed by atoms with van der Waals surface area (Å²) in [5.74, 6) is 5.22. The number of benzene rings is 8. The Balaban J connectivity index is 0.964. The summed E-state index contributed by atoms with van der Waals surface area (Å²) >= 11 is 0. The molecule has 3 heteroatoms. The molecule has 0 atom stereocenters. The first-order chi connectivity index (χ1) is 30.7. The summed E-state index contributed by atoms with van der Waals surface area (Å²) in [6.07, 6.45) is 6.97. The Morgan fingerprint density at radius 1 is 0.306 bits per heavy atom. The summed E-state index contributed by atoms with van der Waals surface area (Å²) in [5, 5.41) is 2.70. The molecular formula is C59H45N3. The van der Waals surface area contributed by atoms with Crippen LogP contribution in [0.1, 0.15) is 43.2 Å². The van der Waals surface area contributed by atoms with Gasteiger partial charge in [-0.1, -0.05) is 164 Å². The molecule has 9 aromatic rings. The minimum atomic E-state index is 0.111. The fourth-order valence-corrected chi connectivity index (χ4v) is 12.7. The molecule has 62 heavy (non-hydrogen) atoms. The van der Waals surface area contributed by atoms with E-state index in [9.17, 15) is 0 Å². The van der Waals surface area contributed by atoms with Crippen LogP contribution in [-0.2, 0) is 5.41 Å². The molecule has 5 aliphatic carbocycles. The molecule has 0 radical (unpaired) electrons. The Hall–Kier alpha value is -6.97. The number of aromatic nitrogens is 3. The van der Waals surface area contributed by atoms with Gasteiger partial charge in [0.1, 0.15) is 0 Å². The summed E-state index contributed by atoms with van der Waals surface area (Å²) < 4.78 is 0. The Labute approximate surface area is 363 Å². The zero-order valence-electron chi connectivity index (χ0n) is 34.6. The zero-order chi connectivity index (χ0) is 40.8. The maximum Gasteiger partial charge on any atom is 0.164 e. The van der Waals surface area contributed by atoms with Crippen LogP contribution in [0.15, 0.2) is 188 Å². The molecule has 3 nitrogen and oxygen atoms in total. The van der Waals surface area contributed by atoms with Crippen molar-refractivity contribution in [3.63, 3.8) is 0 Å². The molecule has 14 rings (SSSR count). The van der Waals surface area contributed by atoms with Crippen molar-refractivity contribution < 1.29 is 0 Å². The molecule has 4 saturated carbocycles. The fraction of sp³-hybridized carbons (Fsp3) is 0.169. The van der Waals surface area contributed by atoms with Gasteiger partial charge in [0.2, 0.25) is 0 Å². The lowest BCUT2D eigenvalue weighted by atomic mass is 9.43. The average Bonchev–Trinajstić information content (AvgIpc) is 3.61. The van der Waals surface area contributed by atoms with Gasteiger partial charge in [-0.3, -0.25) is 0 Å². The second-order valence-corrected chi connectivity index (χ2v) is 18.4. The minimum Gasteiger partial charge on any atom is -0.208 e. The Morgan fingerprint density at radius 2 is 0.823 bits per heavy atom. The van der Waals surface area contributed by atoms with Gasteiger partial charge in [-0.25, -0.2) is 15.0 Å². The van der Waals surface area contributed by atoms with E-state index >= 15 is 0 Å². The normalized spacial score (nSPS) is 21.6. The van der Waals surface area contributed by atoms with Gasteiger partial charge < -0.3 is 0 Å². The van der Waals surface area contributed by atoms with Crippen LogP contribution in [0.25, 0.3) is 89.4 Å². The van der Waals surface area contributed by atoms with Gasteiger partial charge in [-0.15, -0.1) is 0 Å². The summed E-state index contributed by atoms with van der Waals surface area (Å²) in [5.41, 5.74) is 16.1. The van der Waals surface area contributed by atoms with Crippen LogP contribution in [0.5, 0.6) is 0 Å². The third kappa shape index (κ3) is 5.54. The van der Waals surface area contributed by atoms with Crippen LogP contribution in [0, 0.1) is 23.7 Å². The standard InChI is InChI=1S/C59H45N3/c1-3-14-39(15-4-1)41-20-13-21-45(33-41)57-60-56(40-16-5-2-6-17-40)61-58(62-57)51-25-12-11-24-50(51)49-23-10-9-22-48(49)44-26-27-54-52(35-44)53-34-42-18-7-8-19-43(42)36-55(53)59(54)46-29-37-28-38(31-46)32-47(59)30-37/h1-27,33-38,46-47H,28-32H2. The summed E-state index contributed by atoms with van der Waals surface area (Å²) in [4.78, 5) is 15.6. The van der Waals surface area contributed by atoms with Gasteiger partial charge in [-0.05, 0) is 146 Å². The maximum absolute atomic E-state index is 5.28. The summed E-state index contributed by atoms with van der Waals surface area (Å²) in [7, 11) is 0. The van der Waals surface area contributed by atoms with Gasteiger partial charge >= 0.3 is 0 Å². The molecule has 0 amide bonds. The lowest BCUT2D eigenvalue weighted by Gasteiger charge is -2.61. The molecule has 296 valence electrons. The van der Waals surface area contributed by atoms with E-state index in [-0.39, 0.29) is 5.41 Å². The van der Waals surface area contributed by atoms with Crippen LogP contribution in [0.3, 0.4) is 0 Å². The van der Waals surface area contributed by atoms with E-state index in [0.29, 0.717) is 17.5 Å². The first kappa shape index (κ1) is 35.8. The smallest absolute Gasteiger partial charge is 0.164 e. The second kappa shape index (κ2) is 14.0. The van der Waals surface area contributed by atoms with Crippen molar-refractivity contribution in [3.8, 4) is 78.7 Å². The number of nitrogens with zero attached hydrogens (tertiary/aromatic N) is 3. The van der Waals surface area contributed by atoms with Crippen LogP contribution in [0.2, 0.25) is 0 Å². The van der Waals surface area contributed by atoms with E-state index in [0.717, 1.165) is 57.1 Å². The maximum atomic E-state index is 5.28. The van der Waals surface area contributed by atoms with Crippen molar-refractivity contribution in [1.82, 2.24) is 15.0 Å². The van der Waals surface area contributed by atoms with E-state index < -0.39 is 0 Å². The Bertz CT molecular complexity index is 3180. The topological polar surface area (TPSA) is 38.7 Å². The van der Waals surface area contributed by atoms with Gasteiger partial charge in [0.25, 0.3) is 0 Å². The van der Waals surface area contributed by atoms with E-state index in [4.69, 9.17) is 15.0 Å². The molecule has 0 aliphatic heterocycles. The first-order valence-corrected chi connectivity index (χ1v) is 22.5.